The lowest BCUT2D eigenvalue weighted by atomic mass is 9.91. The summed E-state index contributed by atoms with van der Waals surface area (Å²) in [5.74, 6) is -0.744. The zero-order valence-electron chi connectivity index (χ0n) is 15.5. The second kappa shape index (κ2) is 7.27. The van der Waals surface area contributed by atoms with Crippen LogP contribution in [0.1, 0.15) is 31.9 Å². The maximum Gasteiger partial charge on any atom is 0.257 e. The fourth-order valence-electron chi connectivity index (χ4n) is 3.58. The van der Waals surface area contributed by atoms with Gasteiger partial charge in [-0.15, -0.1) is 0 Å². The van der Waals surface area contributed by atoms with Gasteiger partial charge < -0.3 is 4.74 Å². The van der Waals surface area contributed by atoms with Crippen molar-refractivity contribution in [2.75, 3.05) is 7.11 Å². The van der Waals surface area contributed by atoms with Crippen LogP contribution in [0.15, 0.2) is 48.0 Å². The number of nitrogens with zero attached hydrogens (tertiary/aromatic N) is 1. The quantitative estimate of drug-likeness (QED) is 0.654. The molecule has 3 nitrogen and oxygen atoms in total. The van der Waals surface area contributed by atoms with Gasteiger partial charge in [-0.1, -0.05) is 41.4 Å². The molecule has 0 radical (unpaired) electrons. The second-order valence-electron chi connectivity index (χ2n) is 7.02. The molecule has 0 aliphatic carbocycles. The Morgan fingerprint density at radius 1 is 1.11 bits per heavy atom. The lowest BCUT2D eigenvalue weighted by molar-refractivity contribution is -0.141. The summed E-state index contributed by atoms with van der Waals surface area (Å²) in [6, 6.07) is 11.4. The Bertz CT molecular complexity index is 919. The SMILES string of the molecule is COC1C(C)=C(c2ccccc2F)C(=O)N1C(C)(C)c1cc(Cl)cc(Cl)c1. The number of amides is 1. The fourth-order valence-corrected chi connectivity index (χ4v) is 4.11. The largest absolute Gasteiger partial charge is 0.357 e. The smallest absolute Gasteiger partial charge is 0.257 e. The summed E-state index contributed by atoms with van der Waals surface area (Å²) < 4.78 is 20.0. The first-order chi connectivity index (χ1) is 12.7. The van der Waals surface area contributed by atoms with Crippen LogP contribution in [0.5, 0.6) is 0 Å². The summed E-state index contributed by atoms with van der Waals surface area (Å²) in [7, 11) is 1.53. The molecule has 2 aromatic rings. The Morgan fingerprint density at radius 2 is 1.70 bits per heavy atom. The van der Waals surface area contributed by atoms with E-state index in [0.29, 0.717) is 21.2 Å². The predicted octanol–water partition coefficient (Wildman–Crippen LogP) is 5.66. The van der Waals surface area contributed by atoms with E-state index in [0.717, 1.165) is 5.56 Å². The van der Waals surface area contributed by atoms with Gasteiger partial charge in [-0.2, -0.15) is 0 Å². The van der Waals surface area contributed by atoms with Crippen LogP contribution in [0, 0.1) is 5.82 Å². The molecule has 0 saturated heterocycles. The number of rotatable bonds is 4. The summed E-state index contributed by atoms with van der Waals surface area (Å²) in [6.07, 6.45) is -0.625. The summed E-state index contributed by atoms with van der Waals surface area (Å²) >= 11 is 12.3. The van der Waals surface area contributed by atoms with E-state index in [1.165, 1.54) is 13.2 Å². The maximum atomic E-state index is 14.4. The van der Waals surface area contributed by atoms with Gasteiger partial charge in [-0.3, -0.25) is 9.69 Å². The topological polar surface area (TPSA) is 29.5 Å². The molecule has 0 fully saturated rings. The van der Waals surface area contributed by atoms with Crippen LogP contribution in [0.25, 0.3) is 5.57 Å². The predicted molar refractivity (Wildman–Crippen MR) is 106 cm³/mol. The van der Waals surface area contributed by atoms with Gasteiger partial charge in [0.05, 0.1) is 11.1 Å². The summed E-state index contributed by atoms with van der Waals surface area (Å²) in [4.78, 5) is 15.0. The molecule has 1 unspecified atom stereocenters. The van der Waals surface area contributed by atoms with Crippen molar-refractivity contribution >= 4 is 34.7 Å². The van der Waals surface area contributed by atoms with E-state index < -0.39 is 17.6 Å². The molecule has 0 saturated carbocycles. The molecule has 0 spiro atoms. The highest BCUT2D eigenvalue weighted by atomic mass is 35.5. The van der Waals surface area contributed by atoms with Gasteiger partial charge in [0.25, 0.3) is 5.91 Å². The number of hydrogen-bond donors (Lipinski definition) is 0. The van der Waals surface area contributed by atoms with Crippen molar-refractivity contribution in [1.29, 1.82) is 0 Å². The Balaban J connectivity index is 2.12. The van der Waals surface area contributed by atoms with Gasteiger partial charge in [0.1, 0.15) is 5.82 Å². The number of benzene rings is 2. The van der Waals surface area contributed by atoms with Crippen molar-refractivity contribution in [3.05, 3.63) is 75.0 Å². The highest BCUT2D eigenvalue weighted by Crippen LogP contribution is 2.42. The number of carbonyl (C=O) groups excluding carboxylic acids is 1. The van der Waals surface area contributed by atoms with Crippen LogP contribution in [-0.2, 0) is 15.1 Å². The molecular weight excluding hydrogens is 388 g/mol. The second-order valence-corrected chi connectivity index (χ2v) is 7.89. The van der Waals surface area contributed by atoms with Crippen molar-refractivity contribution in [2.45, 2.75) is 32.5 Å². The van der Waals surface area contributed by atoms with E-state index in [1.54, 1.807) is 48.2 Å². The third-order valence-corrected chi connectivity index (χ3v) is 5.41. The van der Waals surface area contributed by atoms with Crippen LogP contribution in [0.2, 0.25) is 10.0 Å². The maximum absolute atomic E-state index is 14.4. The van der Waals surface area contributed by atoms with Crippen LogP contribution in [0.4, 0.5) is 4.39 Å². The number of carbonyl (C=O) groups is 1. The number of halogens is 3. The minimum absolute atomic E-state index is 0.268. The molecule has 0 N–H and O–H groups in total. The molecule has 1 aliphatic heterocycles. The zero-order chi connectivity index (χ0) is 19.9. The molecular formula is C21H20Cl2FNO2. The molecule has 142 valence electrons. The summed E-state index contributed by atoms with van der Waals surface area (Å²) in [5, 5.41) is 0.954. The first kappa shape index (κ1) is 19.9. The average molecular weight is 408 g/mol. The molecule has 0 bridgehead atoms. The van der Waals surface area contributed by atoms with Gasteiger partial charge in [0.2, 0.25) is 0 Å². The molecule has 27 heavy (non-hydrogen) atoms. The van der Waals surface area contributed by atoms with Gasteiger partial charge in [-0.25, -0.2) is 4.39 Å². The molecule has 3 rings (SSSR count). The first-order valence-electron chi connectivity index (χ1n) is 8.47. The van der Waals surface area contributed by atoms with Crippen molar-refractivity contribution in [2.24, 2.45) is 0 Å². The molecule has 1 atom stereocenters. The number of methoxy groups -OCH3 is 1. The number of ether oxygens (including phenoxy) is 1. The van der Waals surface area contributed by atoms with Gasteiger partial charge in [0.15, 0.2) is 6.23 Å². The van der Waals surface area contributed by atoms with Crippen LogP contribution in [-0.4, -0.2) is 24.1 Å². The molecule has 1 amide bonds. The molecule has 0 aromatic heterocycles. The summed E-state index contributed by atoms with van der Waals surface area (Å²) in [5.41, 5.74) is 1.22. The van der Waals surface area contributed by atoms with Gasteiger partial charge >= 0.3 is 0 Å². The Kier molecular flexibility index (Phi) is 5.35. The number of hydrogen-bond acceptors (Lipinski definition) is 2. The van der Waals surface area contributed by atoms with Crippen molar-refractivity contribution in [3.8, 4) is 0 Å². The Labute approximate surface area is 168 Å². The third kappa shape index (κ3) is 3.38. The van der Waals surface area contributed by atoms with Crippen LogP contribution < -0.4 is 0 Å². The van der Waals surface area contributed by atoms with E-state index >= 15 is 0 Å². The fraction of sp³-hybridized carbons (Fsp3) is 0.286. The first-order valence-corrected chi connectivity index (χ1v) is 9.22. The normalized spacial score (nSPS) is 17.8. The highest BCUT2D eigenvalue weighted by Gasteiger charge is 2.46. The van der Waals surface area contributed by atoms with Crippen molar-refractivity contribution < 1.29 is 13.9 Å². The minimum Gasteiger partial charge on any atom is -0.357 e. The van der Waals surface area contributed by atoms with E-state index in [2.05, 4.69) is 0 Å². The molecule has 2 aromatic carbocycles. The van der Waals surface area contributed by atoms with Gasteiger partial charge in [-0.05, 0) is 56.2 Å². The van der Waals surface area contributed by atoms with Crippen molar-refractivity contribution in [1.82, 2.24) is 4.90 Å². The molecule has 1 aliphatic rings. The monoisotopic (exact) mass is 407 g/mol. The third-order valence-electron chi connectivity index (χ3n) is 4.97. The Hall–Kier alpha value is -1.88. The Morgan fingerprint density at radius 3 is 2.26 bits per heavy atom. The van der Waals surface area contributed by atoms with E-state index in [1.807, 2.05) is 13.8 Å². The van der Waals surface area contributed by atoms with Crippen molar-refractivity contribution in [3.63, 3.8) is 0 Å². The standard InChI is InChI=1S/C21H20Cl2FNO2/c1-12-18(16-7-5-6-8-17(16)24)19(26)25(20(12)27-4)21(2,3)13-9-14(22)11-15(23)10-13/h5-11,20H,1-4H3. The van der Waals surface area contributed by atoms with Crippen LogP contribution >= 0.6 is 23.2 Å². The zero-order valence-corrected chi connectivity index (χ0v) is 17.0. The lowest BCUT2D eigenvalue weighted by Gasteiger charge is -2.40. The highest BCUT2D eigenvalue weighted by molar-refractivity contribution is 6.34. The minimum atomic E-state index is -0.791. The van der Waals surface area contributed by atoms with E-state index in [-0.39, 0.29) is 11.5 Å². The lowest BCUT2D eigenvalue weighted by Crippen LogP contribution is -2.49. The van der Waals surface area contributed by atoms with E-state index in [9.17, 15) is 9.18 Å². The van der Waals surface area contributed by atoms with Gasteiger partial charge in [0, 0.05) is 22.7 Å². The summed E-state index contributed by atoms with van der Waals surface area (Å²) in [6.45, 7) is 5.56. The van der Waals surface area contributed by atoms with Crippen LogP contribution in [0.3, 0.4) is 0 Å². The molecule has 6 heteroatoms. The molecule has 1 heterocycles. The van der Waals surface area contributed by atoms with E-state index in [4.69, 9.17) is 27.9 Å². The average Bonchev–Trinajstić information content (AvgIpc) is 2.85.